The summed E-state index contributed by atoms with van der Waals surface area (Å²) in [5.41, 5.74) is 2.62. The standard InChI is InChI=1S/C24H25N3O3S/c1-2-26-23(29)24(15-19-5-3-4-6-21(19)20-9-14-31-16-20)17-27(12-13-30-24)22(28)18-7-10-25-11-8-18/h3-11,14,16H,2,12-13,15,17H2,1H3,(H,26,29)/t24-/m0/s1. The molecule has 31 heavy (non-hydrogen) atoms. The van der Waals surface area contributed by atoms with Crippen LogP contribution in [0.4, 0.5) is 0 Å². The normalized spacial score (nSPS) is 18.5. The number of morpholine rings is 1. The Morgan fingerprint density at radius 3 is 2.74 bits per heavy atom. The largest absolute Gasteiger partial charge is 0.361 e. The van der Waals surface area contributed by atoms with E-state index >= 15 is 0 Å². The fraction of sp³-hybridized carbons (Fsp3) is 0.292. The molecule has 4 rings (SSSR count). The molecule has 1 saturated heterocycles. The highest BCUT2D eigenvalue weighted by Crippen LogP contribution is 2.31. The number of aromatic nitrogens is 1. The average molecular weight is 436 g/mol. The van der Waals surface area contributed by atoms with Gasteiger partial charge in [-0.05, 0) is 52.6 Å². The fourth-order valence-electron chi connectivity index (χ4n) is 3.96. The molecule has 0 aliphatic carbocycles. The minimum atomic E-state index is -1.15. The van der Waals surface area contributed by atoms with Crippen LogP contribution in [0.25, 0.3) is 11.1 Å². The molecule has 0 spiro atoms. The Labute approximate surface area is 185 Å². The van der Waals surface area contributed by atoms with Crippen LogP contribution in [0.5, 0.6) is 0 Å². The average Bonchev–Trinajstić information content (AvgIpc) is 3.35. The SMILES string of the molecule is CCNC(=O)[C@]1(Cc2ccccc2-c2ccsc2)CN(C(=O)c2ccncc2)CCO1. The van der Waals surface area contributed by atoms with Gasteiger partial charge >= 0.3 is 0 Å². The molecule has 0 saturated carbocycles. The highest BCUT2D eigenvalue weighted by Gasteiger charge is 2.45. The predicted octanol–water partition coefficient (Wildman–Crippen LogP) is 3.40. The highest BCUT2D eigenvalue weighted by atomic mass is 32.1. The zero-order valence-electron chi connectivity index (χ0n) is 17.4. The van der Waals surface area contributed by atoms with Gasteiger partial charge in [0.25, 0.3) is 11.8 Å². The molecule has 3 heterocycles. The molecule has 2 aromatic heterocycles. The predicted molar refractivity (Wildman–Crippen MR) is 121 cm³/mol. The molecule has 0 radical (unpaired) electrons. The number of carbonyl (C=O) groups is 2. The maximum absolute atomic E-state index is 13.2. The smallest absolute Gasteiger partial charge is 0.254 e. The molecular weight excluding hydrogens is 410 g/mol. The van der Waals surface area contributed by atoms with Crippen molar-refractivity contribution in [3.05, 3.63) is 76.7 Å². The molecule has 160 valence electrons. The second-order valence-corrected chi connectivity index (χ2v) is 8.29. The van der Waals surface area contributed by atoms with Crippen molar-refractivity contribution in [2.45, 2.75) is 18.9 Å². The van der Waals surface area contributed by atoms with E-state index in [1.54, 1.807) is 40.8 Å². The fourth-order valence-corrected chi connectivity index (χ4v) is 4.62. The second kappa shape index (κ2) is 9.41. The number of nitrogens with zero attached hydrogens (tertiary/aromatic N) is 2. The summed E-state index contributed by atoms with van der Waals surface area (Å²) in [5.74, 6) is -0.312. The van der Waals surface area contributed by atoms with E-state index in [0.29, 0.717) is 31.7 Å². The van der Waals surface area contributed by atoms with E-state index in [0.717, 1.165) is 16.7 Å². The number of thiophene rings is 1. The van der Waals surface area contributed by atoms with Crippen molar-refractivity contribution in [2.24, 2.45) is 0 Å². The van der Waals surface area contributed by atoms with Gasteiger partial charge in [-0.25, -0.2) is 0 Å². The van der Waals surface area contributed by atoms with E-state index in [-0.39, 0.29) is 18.4 Å². The number of rotatable bonds is 6. The number of ether oxygens (including phenoxy) is 1. The minimum absolute atomic E-state index is 0.120. The van der Waals surface area contributed by atoms with Crippen molar-refractivity contribution in [3.8, 4) is 11.1 Å². The van der Waals surface area contributed by atoms with Gasteiger partial charge in [0.2, 0.25) is 0 Å². The topological polar surface area (TPSA) is 71.5 Å². The lowest BCUT2D eigenvalue weighted by Gasteiger charge is -2.42. The lowest BCUT2D eigenvalue weighted by atomic mass is 9.87. The maximum Gasteiger partial charge on any atom is 0.254 e. The van der Waals surface area contributed by atoms with E-state index in [2.05, 4.69) is 27.8 Å². The molecule has 1 aliphatic rings. The first-order chi connectivity index (χ1) is 15.1. The number of hydrogen-bond donors (Lipinski definition) is 1. The Bertz CT molecular complexity index is 1040. The summed E-state index contributed by atoms with van der Waals surface area (Å²) in [5, 5.41) is 7.06. The molecule has 0 unspecified atom stereocenters. The van der Waals surface area contributed by atoms with Crippen LogP contribution in [-0.4, -0.2) is 53.5 Å². The Morgan fingerprint density at radius 2 is 2.00 bits per heavy atom. The third-order valence-corrected chi connectivity index (χ3v) is 6.16. The summed E-state index contributed by atoms with van der Waals surface area (Å²) in [6, 6.07) is 13.5. The highest BCUT2D eigenvalue weighted by molar-refractivity contribution is 7.08. The molecule has 6 nitrogen and oxygen atoms in total. The van der Waals surface area contributed by atoms with Crippen molar-refractivity contribution < 1.29 is 14.3 Å². The quantitative estimate of drug-likeness (QED) is 0.644. The van der Waals surface area contributed by atoms with E-state index in [1.807, 2.05) is 30.5 Å². The Morgan fingerprint density at radius 1 is 1.19 bits per heavy atom. The van der Waals surface area contributed by atoms with Crippen LogP contribution in [-0.2, 0) is 16.0 Å². The number of benzene rings is 1. The lowest BCUT2D eigenvalue weighted by Crippen LogP contribution is -2.62. The summed E-state index contributed by atoms with van der Waals surface area (Å²) < 4.78 is 6.16. The van der Waals surface area contributed by atoms with Crippen molar-refractivity contribution in [3.63, 3.8) is 0 Å². The first-order valence-corrected chi connectivity index (χ1v) is 11.3. The van der Waals surface area contributed by atoms with Crippen LogP contribution in [0.2, 0.25) is 0 Å². The summed E-state index contributed by atoms with van der Waals surface area (Å²) >= 11 is 1.64. The number of amides is 2. The van der Waals surface area contributed by atoms with Crippen LogP contribution in [0.15, 0.2) is 65.6 Å². The van der Waals surface area contributed by atoms with Crippen LogP contribution in [0.1, 0.15) is 22.8 Å². The first-order valence-electron chi connectivity index (χ1n) is 10.3. The summed E-state index contributed by atoms with van der Waals surface area (Å²) in [6.07, 6.45) is 3.58. The summed E-state index contributed by atoms with van der Waals surface area (Å²) in [7, 11) is 0. The van der Waals surface area contributed by atoms with Crippen molar-refractivity contribution in [2.75, 3.05) is 26.2 Å². The minimum Gasteiger partial charge on any atom is -0.361 e. The Kier molecular flexibility index (Phi) is 6.44. The number of likely N-dealkylation sites (N-methyl/N-ethyl adjacent to an activating group) is 1. The van der Waals surface area contributed by atoms with Crippen molar-refractivity contribution in [1.82, 2.24) is 15.2 Å². The first kappa shape index (κ1) is 21.2. The molecule has 2 amide bonds. The molecule has 7 heteroatoms. The van der Waals surface area contributed by atoms with E-state index < -0.39 is 5.60 Å². The van der Waals surface area contributed by atoms with E-state index in [1.165, 1.54) is 0 Å². The van der Waals surface area contributed by atoms with Gasteiger partial charge in [0.1, 0.15) is 0 Å². The number of hydrogen-bond acceptors (Lipinski definition) is 5. The van der Waals surface area contributed by atoms with Crippen LogP contribution in [0.3, 0.4) is 0 Å². The van der Waals surface area contributed by atoms with Gasteiger partial charge in [0, 0.05) is 37.5 Å². The van der Waals surface area contributed by atoms with Crippen molar-refractivity contribution >= 4 is 23.2 Å². The molecule has 1 aromatic carbocycles. The molecule has 1 fully saturated rings. The Balaban J connectivity index is 1.67. The van der Waals surface area contributed by atoms with Gasteiger partial charge in [-0.3, -0.25) is 14.6 Å². The van der Waals surface area contributed by atoms with E-state index in [4.69, 9.17) is 4.74 Å². The summed E-state index contributed by atoms with van der Waals surface area (Å²) in [4.78, 5) is 32.0. The summed E-state index contributed by atoms with van der Waals surface area (Å²) in [6.45, 7) is 3.31. The van der Waals surface area contributed by atoms with Crippen molar-refractivity contribution in [1.29, 1.82) is 0 Å². The molecule has 1 atom stereocenters. The van der Waals surface area contributed by atoms with Crippen LogP contribution >= 0.6 is 11.3 Å². The molecule has 3 aromatic rings. The zero-order valence-corrected chi connectivity index (χ0v) is 18.2. The molecule has 0 bridgehead atoms. The van der Waals surface area contributed by atoms with Crippen LogP contribution in [0, 0.1) is 0 Å². The number of carbonyl (C=O) groups excluding carboxylic acids is 2. The van der Waals surface area contributed by atoms with E-state index in [9.17, 15) is 9.59 Å². The zero-order chi connectivity index (χ0) is 21.7. The lowest BCUT2D eigenvalue weighted by molar-refractivity contribution is -0.157. The third-order valence-electron chi connectivity index (χ3n) is 5.48. The van der Waals surface area contributed by atoms with Gasteiger partial charge in [-0.2, -0.15) is 11.3 Å². The van der Waals surface area contributed by atoms with Gasteiger partial charge in [0.05, 0.1) is 13.2 Å². The monoisotopic (exact) mass is 435 g/mol. The molecular formula is C24H25N3O3S. The number of pyridine rings is 1. The molecule has 1 N–H and O–H groups in total. The van der Waals surface area contributed by atoms with Crippen LogP contribution < -0.4 is 5.32 Å². The second-order valence-electron chi connectivity index (χ2n) is 7.51. The van der Waals surface area contributed by atoms with Gasteiger partial charge in [-0.15, -0.1) is 0 Å². The van der Waals surface area contributed by atoms with Gasteiger partial charge < -0.3 is 15.0 Å². The van der Waals surface area contributed by atoms with Gasteiger partial charge in [-0.1, -0.05) is 24.3 Å². The van der Waals surface area contributed by atoms with Gasteiger partial charge in [0.15, 0.2) is 5.60 Å². The third kappa shape index (κ3) is 4.52. The Hall–Kier alpha value is -3.03. The molecule has 1 aliphatic heterocycles. The number of nitrogens with one attached hydrogen (secondary N) is 1. The maximum atomic E-state index is 13.2.